The molecular formula is C14H21NO3. The van der Waals surface area contributed by atoms with Crippen LogP contribution in [0.25, 0.3) is 0 Å². The first-order valence-electron chi connectivity index (χ1n) is 6.38. The second-order valence-corrected chi connectivity index (χ2v) is 5.08. The highest BCUT2D eigenvalue weighted by atomic mass is 16.5. The Morgan fingerprint density at radius 2 is 1.89 bits per heavy atom. The molecule has 1 aromatic rings. The molecule has 2 rings (SSSR count). The van der Waals surface area contributed by atoms with E-state index in [1.54, 1.807) is 19.1 Å². The summed E-state index contributed by atoms with van der Waals surface area (Å²) < 4.78 is 5.69. The predicted octanol–water partition coefficient (Wildman–Crippen LogP) is 2.06. The van der Waals surface area contributed by atoms with E-state index >= 15 is 0 Å². The number of aromatic hydroxyl groups is 1. The van der Waals surface area contributed by atoms with Gasteiger partial charge in [0.15, 0.2) is 0 Å². The van der Waals surface area contributed by atoms with Crippen molar-refractivity contribution in [3.8, 4) is 5.75 Å². The standard InChI is InChI=1S/C14H21NO3/c1-9-7-15(8-10(2)18-9)12-4-5-13(11(3)16)14(17)6-12/h4-6,9-11,16-17H,7-8H2,1-3H3. The number of morpholine rings is 1. The number of anilines is 1. The van der Waals surface area contributed by atoms with Crippen LogP contribution < -0.4 is 4.90 Å². The Morgan fingerprint density at radius 1 is 1.28 bits per heavy atom. The Hall–Kier alpha value is -1.26. The smallest absolute Gasteiger partial charge is 0.123 e. The molecular weight excluding hydrogens is 230 g/mol. The van der Waals surface area contributed by atoms with Crippen molar-refractivity contribution in [2.45, 2.75) is 39.1 Å². The highest BCUT2D eigenvalue weighted by molar-refractivity contribution is 5.54. The number of aliphatic hydroxyl groups is 1. The highest BCUT2D eigenvalue weighted by Gasteiger charge is 2.23. The van der Waals surface area contributed by atoms with Crippen LogP contribution in [0.2, 0.25) is 0 Å². The van der Waals surface area contributed by atoms with E-state index in [0.29, 0.717) is 5.56 Å². The third kappa shape index (κ3) is 2.76. The molecule has 1 heterocycles. The van der Waals surface area contributed by atoms with Gasteiger partial charge in [-0.05, 0) is 26.8 Å². The van der Waals surface area contributed by atoms with Crippen molar-refractivity contribution in [1.29, 1.82) is 0 Å². The van der Waals surface area contributed by atoms with Crippen LogP contribution >= 0.6 is 0 Å². The minimum absolute atomic E-state index is 0.147. The maximum atomic E-state index is 9.91. The van der Waals surface area contributed by atoms with Gasteiger partial charge in [-0.15, -0.1) is 0 Å². The second-order valence-electron chi connectivity index (χ2n) is 5.08. The van der Waals surface area contributed by atoms with E-state index in [4.69, 9.17) is 4.74 Å². The van der Waals surface area contributed by atoms with Crippen molar-refractivity contribution in [3.05, 3.63) is 23.8 Å². The number of ether oxygens (including phenoxy) is 1. The van der Waals surface area contributed by atoms with Crippen molar-refractivity contribution in [3.63, 3.8) is 0 Å². The molecule has 0 bridgehead atoms. The zero-order chi connectivity index (χ0) is 13.3. The van der Waals surface area contributed by atoms with Crippen molar-refractivity contribution >= 4 is 5.69 Å². The molecule has 1 aliphatic rings. The van der Waals surface area contributed by atoms with E-state index in [1.807, 2.05) is 19.9 Å². The van der Waals surface area contributed by atoms with Crippen LogP contribution in [0.3, 0.4) is 0 Å². The SMILES string of the molecule is CC1CN(c2ccc(C(C)O)c(O)c2)CC(C)O1. The Labute approximate surface area is 108 Å². The van der Waals surface area contributed by atoms with Gasteiger partial charge in [0, 0.05) is 30.4 Å². The summed E-state index contributed by atoms with van der Waals surface area (Å²) in [4.78, 5) is 2.20. The first-order chi connectivity index (χ1) is 8.47. The Balaban J connectivity index is 2.21. The van der Waals surface area contributed by atoms with E-state index in [2.05, 4.69) is 4.90 Å². The maximum Gasteiger partial charge on any atom is 0.123 e. The summed E-state index contributed by atoms with van der Waals surface area (Å²) in [7, 11) is 0. The molecule has 3 atom stereocenters. The third-order valence-corrected chi connectivity index (χ3v) is 3.25. The van der Waals surface area contributed by atoms with Crippen LogP contribution in [0.5, 0.6) is 5.75 Å². The van der Waals surface area contributed by atoms with E-state index < -0.39 is 6.10 Å². The summed E-state index contributed by atoms with van der Waals surface area (Å²) in [6.07, 6.45) is -0.277. The molecule has 0 aromatic heterocycles. The lowest BCUT2D eigenvalue weighted by Gasteiger charge is -2.37. The molecule has 1 aliphatic heterocycles. The van der Waals surface area contributed by atoms with E-state index in [1.165, 1.54) is 0 Å². The van der Waals surface area contributed by atoms with E-state index in [9.17, 15) is 10.2 Å². The number of rotatable bonds is 2. The summed E-state index contributed by atoms with van der Waals surface area (Å²) in [5, 5.41) is 19.4. The van der Waals surface area contributed by atoms with Crippen molar-refractivity contribution in [2.75, 3.05) is 18.0 Å². The molecule has 100 valence electrons. The van der Waals surface area contributed by atoms with Crippen molar-refractivity contribution in [1.82, 2.24) is 0 Å². The first-order valence-corrected chi connectivity index (χ1v) is 6.38. The lowest BCUT2D eigenvalue weighted by Crippen LogP contribution is -2.45. The lowest BCUT2D eigenvalue weighted by molar-refractivity contribution is -0.00523. The Morgan fingerprint density at radius 3 is 2.39 bits per heavy atom. The van der Waals surface area contributed by atoms with Crippen molar-refractivity contribution in [2.24, 2.45) is 0 Å². The first kappa shape index (κ1) is 13.2. The molecule has 0 spiro atoms. The van der Waals surface area contributed by atoms with Gasteiger partial charge in [0.1, 0.15) is 5.75 Å². The summed E-state index contributed by atoms with van der Waals surface area (Å²) in [5.41, 5.74) is 1.53. The summed E-state index contributed by atoms with van der Waals surface area (Å²) in [6.45, 7) is 7.38. The molecule has 4 heteroatoms. The van der Waals surface area contributed by atoms with Gasteiger partial charge in [-0.25, -0.2) is 0 Å². The molecule has 0 aliphatic carbocycles. The van der Waals surface area contributed by atoms with Crippen LogP contribution in [0.4, 0.5) is 5.69 Å². The van der Waals surface area contributed by atoms with Crippen LogP contribution in [0.1, 0.15) is 32.4 Å². The number of phenols is 1. The number of hydrogen-bond donors (Lipinski definition) is 2. The van der Waals surface area contributed by atoms with Gasteiger partial charge < -0.3 is 19.8 Å². The van der Waals surface area contributed by atoms with Gasteiger partial charge in [0.25, 0.3) is 0 Å². The minimum atomic E-state index is -0.651. The molecule has 0 amide bonds. The van der Waals surface area contributed by atoms with Crippen LogP contribution in [0, 0.1) is 0 Å². The average molecular weight is 251 g/mol. The van der Waals surface area contributed by atoms with Gasteiger partial charge in [-0.1, -0.05) is 6.07 Å². The fourth-order valence-corrected chi connectivity index (χ4v) is 2.47. The molecule has 18 heavy (non-hydrogen) atoms. The quantitative estimate of drug-likeness (QED) is 0.844. The molecule has 3 unspecified atom stereocenters. The number of phenolic OH excluding ortho intramolecular Hbond substituents is 1. The van der Waals surface area contributed by atoms with Gasteiger partial charge in [-0.3, -0.25) is 0 Å². The fourth-order valence-electron chi connectivity index (χ4n) is 2.47. The van der Waals surface area contributed by atoms with Gasteiger partial charge in [0.2, 0.25) is 0 Å². The third-order valence-electron chi connectivity index (χ3n) is 3.25. The fraction of sp³-hybridized carbons (Fsp3) is 0.571. The van der Waals surface area contributed by atoms with Crippen LogP contribution in [-0.2, 0) is 4.74 Å². The number of aliphatic hydroxyl groups excluding tert-OH is 1. The molecule has 2 N–H and O–H groups in total. The number of nitrogens with zero attached hydrogens (tertiary/aromatic N) is 1. The number of benzene rings is 1. The molecule has 1 saturated heterocycles. The van der Waals surface area contributed by atoms with Gasteiger partial charge >= 0.3 is 0 Å². The maximum absolute atomic E-state index is 9.91. The molecule has 0 saturated carbocycles. The largest absolute Gasteiger partial charge is 0.507 e. The monoisotopic (exact) mass is 251 g/mol. The second kappa shape index (κ2) is 5.16. The summed E-state index contributed by atoms with van der Waals surface area (Å²) in [5.74, 6) is 0.147. The van der Waals surface area contributed by atoms with Crippen LogP contribution in [-0.4, -0.2) is 35.5 Å². The molecule has 1 aromatic carbocycles. The Bertz CT molecular complexity index is 410. The zero-order valence-corrected chi connectivity index (χ0v) is 11.1. The minimum Gasteiger partial charge on any atom is -0.507 e. The summed E-state index contributed by atoms with van der Waals surface area (Å²) in [6, 6.07) is 5.43. The van der Waals surface area contributed by atoms with Crippen molar-refractivity contribution < 1.29 is 14.9 Å². The lowest BCUT2D eigenvalue weighted by atomic mass is 10.1. The number of hydrogen-bond acceptors (Lipinski definition) is 4. The zero-order valence-electron chi connectivity index (χ0n) is 11.1. The van der Waals surface area contributed by atoms with Gasteiger partial charge in [0.05, 0.1) is 18.3 Å². The summed E-state index contributed by atoms with van der Waals surface area (Å²) >= 11 is 0. The highest BCUT2D eigenvalue weighted by Crippen LogP contribution is 2.30. The molecule has 0 radical (unpaired) electrons. The average Bonchev–Trinajstić information content (AvgIpc) is 2.26. The van der Waals surface area contributed by atoms with Gasteiger partial charge in [-0.2, -0.15) is 0 Å². The predicted molar refractivity (Wildman–Crippen MR) is 71.0 cm³/mol. The van der Waals surface area contributed by atoms with Crippen LogP contribution in [0.15, 0.2) is 18.2 Å². The van der Waals surface area contributed by atoms with E-state index in [0.717, 1.165) is 18.8 Å². The van der Waals surface area contributed by atoms with E-state index in [-0.39, 0.29) is 18.0 Å². The normalized spacial score (nSPS) is 26.1. The molecule has 1 fully saturated rings. The molecule has 4 nitrogen and oxygen atoms in total. The Kier molecular flexibility index (Phi) is 3.78. The topological polar surface area (TPSA) is 52.9 Å².